The zero-order valence-corrected chi connectivity index (χ0v) is 16.7. The number of benzene rings is 2. The Hall–Kier alpha value is -2.58. The SMILES string of the molecule is COc1ccccc1[C@H]1ONC(c2ccc(Cl)cc2)=C1C(=O)NCCOCCO. The second-order valence-electron chi connectivity index (χ2n) is 6.23. The molecule has 29 heavy (non-hydrogen) atoms. The van der Waals surface area contributed by atoms with Gasteiger partial charge in [-0.05, 0) is 18.2 Å². The van der Waals surface area contributed by atoms with Crippen molar-refractivity contribution in [2.75, 3.05) is 33.5 Å². The topological polar surface area (TPSA) is 89.1 Å². The second kappa shape index (κ2) is 10.3. The highest BCUT2D eigenvalue weighted by atomic mass is 35.5. The molecular weight excluding hydrogens is 396 g/mol. The van der Waals surface area contributed by atoms with Crippen LogP contribution in [0.25, 0.3) is 5.70 Å². The maximum Gasteiger partial charge on any atom is 0.252 e. The monoisotopic (exact) mass is 418 g/mol. The Labute approximate surface area is 174 Å². The second-order valence-corrected chi connectivity index (χ2v) is 6.67. The number of hydrogen-bond acceptors (Lipinski definition) is 6. The van der Waals surface area contributed by atoms with Crippen LogP contribution in [0.15, 0.2) is 54.1 Å². The molecule has 0 saturated heterocycles. The molecule has 2 aromatic rings. The van der Waals surface area contributed by atoms with E-state index >= 15 is 0 Å². The Kier molecular flexibility index (Phi) is 7.48. The number of para-hydroxylation sites is 1. The fraction of sp³-hybridized carbons (Fsp3) is 0.286. The van der Waals surface area contributed by atoms with Gasteiger partial charge in [0.15, 0.2) is 0 Å². The Morgan fingerprint density at radius 2 is 1.97 bits per heavy atom. The molecule has 1 amide bonds. The summed E-state index contributed by atoms with van der Waals surface area (Å²) in [5.41, 5.74) is 5.38. The molecule has 0 aliphatic carbocycles. The number of hydrogen-bond donors (Lipinski definition) is 3. The molecule has 154 valence electrons. The van der Waals surface area contributed by atoms with Crippen LogP contribution < -0.4 is 15.5 Å². The lowest BCUT2D eigenvalue weighted by Gasteiger charge is -2.16. The van der Waals surface area contributed by atoms with Gasteiger partial charge >= 0.3 is 0 Å². The molecule has 0 unspecified atom stereocenters. The fourth-order valence-electron chi connectivity index (χ4n) is 3.03. The number of rotatable bonds is 9. The minimum atomic E-state index is -0.657. The van der Waals surface area contributed by atoms with E-state index in [1.165, 1.54) is 0 Å². The van der Waals surface area contributed by atoms with E-state index in [0.717, 1.165) is 11.1 Å². The third kappa shape index (κ3) is 5.07. The first kappa shape index (κ1) is 21.1. The Morgan fingerprint density at radius 3 is 2.69 bits per heavy atom. The van der Waals surface area contributed by atoms with Crippen molar-refractivity contribution < 1.29 is 24.2 Å². The number of halogens is 1. The molecule has 3 rings (SSSR count). The molecule has 1 aliphatic rings. The molecule has 0 fully saturated rings. The van der Waals surface area contributed by atoms with E-state index in [1.54, 1.807) is 19.2 Å². The van der Waals surface area contributed by atoms with Gasteiger partial charge in [0.2, 0.25) is 0 Å². The summed E-state index contributed by atoms with van der Waals surface area (Å²) in [7, 11) is 1.57. The summed E-state index contributed by atoms with van der Waals surface area (Å²) in [6.45, 7) is 0.759. The Balaban J connectivity index is 1.92. The van der Waals surface area contributed by atoms with Gasteiger partial charge < -0.3 is 19.9 Å². The highest BCUT2D eigenvalue weighted by Gasteiger charge is 2.35. The largest absolute Gasteiger partial charge is 0.496 e. The maximum absolute atomic E-state index is 13.1. The number of carbonyl (C=O) groups excluding carboxylic acids is 1. The number of aliphatic hydroxyl groups excluding tert-OH is 1. The number of aliphatic hydroxyl groups is 1. The lowest BCUT2D eigenvalue weighted by Crippen LogP contribution is -2.30. The summed E-state index contributed by atoms with van der Waals surface area (Å²) >= 11 is 6.00. The van der Waals surface area contributed by atoms with Crippen LogP contribution in [0.1, 0.15) is 17.2 Å². The first-order valence-corrected chi connectivity index (χ1v) is 9.55. The van der Waals surface area contributed by atoms with Crippen LogP contribution in [0, 0.1) is 0 Å². The third-order valence-corrected chi connectivity index (χ3v) is 4.63. The molecular formula is C21H23ClN2O5. The summed E-state index contributed by atoms with van der Waals surface area (Å²) in [5, 5.41) is 12.2. The number of carbonyl (C=O) groups is 1. The average Bonchev–Trinajstić information content (AvgIpc) is 3.19. The highest BCUT2D eigenvalue weighted by Crippen LogP contribution is 2.39. The van der Waals surface area contributed by atoms with Gasteiger partial charge in [-0.15, -0.1) is 0 Å². The van der Waals surface area contributed by atoms with Gasteiger partial charge in [0, 0.05) is 22.7 Å². The van der Waals surface area contributed by atoms with Crippen LogP contribution in [-0.2, 0) is 14.4 Å². The number of amides is 1. The van der Waals surface area contributed by atoms with Crippen molar-refractivity contribution in [2.24, 2.45) is 0 Å². The standard InChI is InChI=1S/C21H23ClN2O5/c1-27-17-5-3-2-4-16(17)20-18(21(26)23-10-12-28-13-11-25)19(24-29-20)14-6-8-15(22)9-7-14/h2-9,20,24-25H,10-13H2,1H3,(H,23,26)/t20-/m1/s1. The number of nitrogens with one attached hydrogen (secondary N) is 2. The molecule has 8 heteroatoms. The smallest absolute Gasteiger partial charge is 0.252 e. The predicted octanol–water partition coefficient (Wildman–Crippen LogP) is 2.46. The van der Waals surface area contributed by atoms with E-state index in [1.807, 2.05) is 36.4 Å². The Bertz CT molecular complexity index is 870. The minimum absolute atomic E-state index is 0.0621. The molecule has 2 aromatic carbocycles. The molecule has 1 aliphatic heterocycles. The quantitative estimate of drug-likeness (QED) is 0.542. The molecule has 7 nitrogen and oxygen atoms in total. The molecule has 0 radical (unpaired) electrons. The van der Waals surface area contributed by atoms with E-state index in [9.17, 15) is 4.79 Å². The van der Waals surface area contributed by atoms with Crippen LogP contribution in [0.2, 0.25) is 5.02 Å². The zero-order chi connectivity index (χ0) is 20.6. The first-order valence-electron chi connectivity index (χ1n) is 9.17. The number of methoxy groups -OCH3 is 1. The first-order chi connectivity index (χ1) is 14.2. The van der Waals surface area contributed by atoms with Crippen molar-refractivity contribution in [3.8, 4) is 5.75 Å². The van der Waals surface area contributed by atoms with Gasteiger partial charge in [-0.2, -0.15) is 0 Å². The third-order valence-electron chi connectivity index (χ3n) is 4.38. The molecule has 3 N–H and O–H groups in total. The van der Waals surface area contributed by atoms with Crippen molar-refractivity contribution in [1.29, 1.82) is 0 Å². The van der Waals surface area contributed by atoms with Crippen LogP contribution in [-0.4, -0.2) is 44.5 Å². The number of ether oxygens (including phenoxy) is 2. The predicted molar refractivity (Wildman–Crippen MR) is 109 cm³/mol. The van der Waals surface area contributed by atoms with Gasteiger partial charge in [0.1, 0.15) is 11.9 Å². The van der Waals surface area contributed by atoms with Crippen LogP contribution in [0.5, 0.6) is 5.75 Å². The molecule has 0 spiro atoms. The lowest BCUT2D eigenvalue weighted by atomic mass is 9.96. The summed E-state index contributed by atoms with van der Waals surface area (Å²) in [5.74, 6) is 0.330. The maximum atomic E-state index is 13.1. The van der Waals surface area contributed by atoms with Gasteiger partial charge in [0.25, 0.3) is 5.91 Å². The summed E-state index contributed by atoms with van der Waals surface area (Å²) in [4.78, 5) is 18.8. The van der Waals surface area contributed by atoms with E-state index in [-0.39, 0.29) is 19.1 Å². The van der Waals surface area contributed by atoms with E-state index in [2.05, 4.69) is 10.8 Å². The highest BCUT2D eigenvalue weighted by molar-refractivity contribution is 6.30. The van der Waals surface area contributed by atoms with Crippen LogP contribution in [0.4, 0.5) is 0 Å². The van der Waals surface area contributed by atoms with Crippen molar-refractivity contribution >= 4 is 23.2 Å². The molecule has 1 atom stereocenters. The van der Waals surface area contributed by atoms with Gasteiger partial charge in [0.05, 0.1) is 38.2 Å². The van der Waals surface area contributed by atoms with Crippen molar-refractivity contribution in [2.45, 2.75) is 6.10 Å². The molecule has 0 aromatic heterocycles. The summed E-state index contributed by atoms with van der Waals surface area (Å²) in [6, 6.07) is 14.5. The molecule has 0 saturated carbocycles. The summed E-state index contributed by atoms with van der Waals surface area (Å²) in [6.07, 6.45) is -0.657. The fourth-order valence-corrected chi connectivity index (χ4v) is 3.15. The zero-order valence-electron chi connectivity index (χ0n) is 16.0. The van der Waals surface area contributed by atoms with Crippen LogP contribution >= 0.6 is 11.6 Å². The lowest BCUT2D eigenvalue weighted by molar-refractivity contribution is -0.118. The Morgan fingerprint density at radius 1 is 1.21 bits per heavy atom. The van der Waals surface area contributed by atoms with E-state index in [0.29, 0.717) is 35.2 Å². The van der Waals surface area contributed by atoms with Crippen molar-refractivity contribution in [1.82, 2.24) is 10.8 Å². The molecule has 1 heterocycles. The van der Waals surface area contributed by atoms with Crippen molar-refractivity contribution in [3.05, 3.63) is 70.3 Å². The van der Waals surface area contributed by atoms with E-state index in [4.69, 9.17) is 31.0 Å². The minimum Gasteiger partial charge on any atom is -0.496 e. The van der Waals surface area contributed by atoms with Gasteiger partial charge in [-0.25, -0.2) is 0 Å². The van der Waals surface area contributed by atoms with Crippen LogP contribution in [0.3, 0.4) is 0 Å². The van der Waals surface area contributed by atoms with E-state index < -0.39 is 6.10 Å². The van der Waals surface area contributed by atoms with Crippen molar-refractivity contribution in [3.63, 3.8) is 0 Å². The number of hydroxylamine groups is 1. The normalized spacial score (nSPS) is 15.9. The van der Waals surface area contributed by atoms with Gasteiger partial charge in [-0.3, -0.25) is 15.1 Å². The molecule has 0 bridgehead atoms. The van der Waals surface area contributed by atoms with Gasteiger partial charge in [-0.1, -0.05) is 41.9 Å². The summed E-state index contributed by atoms with van der Waals surface area (Å²) < 4.78 is 10.7. The average molecular weight is 419 g/mol.